The van der Waals surface area contributed by atoms with Crippen LogP contribution < -0.4 is 19.7 Å². The number of carbonyl (C=O) groups excluding carboxylic acids is 3. The maximum Gasteiger partial charge on any atom is 0.414 e. The number of nitrogens with zero attached hydrogens (tertiary/aromatic N) is 3. The highest BCUT2D eigenvalue weighted by atomic mass is 35.5. The molecule has 4 aliphatic heterocycles. The summed E-state index contributed by atoms with van der Waals surface area (Å²) in [5, 5.41) is 12.1. The summed E-state index contributed by atoms with van der Waals surface area (Å²) in [7, 11) is -0.888. The molecule has 12 heteroatoms. The molecular formula is C43H46ClN3O7Si. The summed E-state index contributed by atoms with van der Waals surface area (Å²) >= 11 is 6.71. The molecule has 4 aliphatic rings. The number of anilines is 2. The number of halogens is 1. The van der Waals surface area contributed by atoms with Crippen molar-refractivity contribution in [2.24, 2.45) is 5.92 Å². The maximum absolute atomic E-state index is 15.3. The van der Waals surface area contributed by atoms with Crippen molar-refractivity contribution in [2.75, 3.05) is 36.7 Å². The third-order valence-electron chi connectivity index (χ3n) is 12.4. The molecule has 0 bridgehead atoms. The van der Waals surface area contributed by atoms with Gasteiger partial charge in [-0.15, -0.1) is 0 Å². The number of aliphatic hydroxyl groups excluding tert-OH is 1. The first kappa shape index (κ1) is 37.3. The summed E-state index contributed by atoms with van der Waals surface area (Å²) in [5.74, 6) is 0.126. The number of rotatable bonds is 9. The largest absolute Gasteiger partial charge is 0.497 e. The van der Waals surface area contributed by atoms with E-state index in [1.165, 1.54) is 5.19 Å². The molecule has 0 unspecified atom stereocenters. The topological polar surface area (TPSA) is 109 Å². The molecule has 0 aliphatic carbocycles. The minimum Gasteiger partial charge on any atom is -0.497 e. The Hall–Kier alpha value is -4.68. The molecule has 4 heterocycles. The predicted octanol–water partition coefficient (Wildman–Crippen LogP) is 6.40. The number of fused-ring (bicyclic) bond motifs is 3. The van der Waals surface area contributed by atoms with E-state index < -0.39 is 19.8 Å². The first-order valence-electron chi connectivity index (χ1n) is 18.9. The van der Waals surface area contributed by atoms with Crippen LogP contribution in [0.15, 0.2) is 91.0 Å². The van der Waals surface area contributed by atoms with Gasteiger partial charge in [0.05, 0.1) is 59.1 Å². The lowest BCUT2D eigenvalue weighted by Crippen LogP contribution is -2.52. The number of hydrogen-bond donors (Lipinski definition) is 1. The highest BCUT2D eigenvalue weighted by molar-refractivity contribution is 6.91. The second-order valence-electron chi connectivity index (χ2n) is 15.7. The molecule has 8 rings (SSSR count). The van der Waals surface area contributed by atoms with Gasteiger partial charge in [0.25, 0.3) is 5.91 Å². The molecular weight excluding hydrogens is 734 g/mol. The monoisotopic (exact) mass is 779 g/mol. The number of hydrogen-bond acceptors (Lipinski definition) is 7. The minimum atomic E-state index is -2.53. The number of benzene rings is 4. The zero-order valence-electron chi connectivity index (χ0n) is 31.5. The van der Waals surface area contributed by atoms with Crippen LogP contribution >= 0.6 is 11.6 Å². The smallest absolute Gasteiger partial charge is 0.414 e. The van der Waals surface area contributed by atoms with Gasteiger partial charge in [-0.3, -0.25) is 14.5 Å². The molecule has 2 fully saturated rings. The van der Waals surface area contributed by atoms with Gasteiger partial charge < -0.3 is 29.1 Å². The SMILES string of the molecule is COc1ccc([Si](C)(C)[C@@H]2[C@@H](CC(=O)N3Cc4ccccc4C[C@H]3CO)O[C@]3(C(=O)N(Cc4ccc(N5CCOC5=O)cc4)c4ccc(Cl)cc43)[C@H]2C)cc1. The first-order valence-corrected chi connectivity index (χ1v) is 22.4. The van der Waals surface area contributed by atoms with Gasteiger partial charge in [0.15, 0.2) is 5.60 Å². The van der Waals surface area contributed by atoms with Crippen molar-refractivity contribution in [1.82, 2.24) is 4.90 Å². The lowest BCUT2D eigenvalue weighted by Gasteiger charge is -2.39. The molecule has 55 heavy (non-hydrogen) atoms. The van der Waals surface area contributed by atoms with Crippen molar-refractivity contribution in [1.29, 1.82) is 0 Å². The van der Waals surface area contributed by atoms with E-state index in [1.54, 1.807) is 27.9 Å². The predicted molar refractivity (Wildman–Crippen MR) is 214 cm³/mol. The number of carbonyl (C=O) groups is 3. The number of methoxy groups -OCH3 is 1. The third kappa shape index (κ3) is 6.31. The molecule has 4 aromatic carbocycles. The minimum absolute atomic E-state index is 0.0611. The summed E-state index contributed by atoms with van der Waals surface area (Å²) in [4.78, 5) is 47.1. The number of aliphatic hydroxyl groups is 1. The molecule has 0 radical (unpaired) electrons. The highest BCUT2D eigenvalue weighted by Crippen LogP contribution is 2.60. The van der Waals surface area contributed by atoms with Crippen LogP contribution in [-0.4, -0.2) is 75.0 Å². The average Bonchev–Trinajstić information content (AvgIpc) is 3.82. The van der Waals surface area contributed by atoms with Crippen LogP contribution in [0.3, 0.4) is 0 Å². The quantitative estimate of drug-likeness (QED) is 0.196. The van der Waals surface area contributed by atoms with Crippen LogP contribution in [0.2, 0.25) is 23.7 Å². The molecule has 5 atom stereocenters. The zero-order valence-corrected chi connectivity index (χ0v) is 33.3. The van der Waals surface area contributed by atoms with Crippen LogP contribution in [0, 0.1) is 5.92 Å². The van der Waals surface area contributed by atoms with Crippen molar-refractivity contribution < 1.29 is 33.7 Å². The van der Waals surface area contributed by atoms with Gasteiger partial charge in [-0.2, -0.15) is 0 Å². The Balaban J connectivity index is 1.16. The number of cyclic esters (lactones) is 1. The Kier molecular flexibility index (Phi) is 9.77. The van der Waals surface area contributed by atoms with E-state index in [4.69, 9.17) is 25.8 Å². The molecule has 3 amide bonds. The Morgan fingerprint density at radius 1 is 1.00 bits per heavy atom. The number of amides is 3. The van der Waals surface area contributed by atoms with E-state index in [0.717, 1.165) is 33.8 Å². The molecule has 286 valence electrons. The van der Waals surface area contributed by atoms with E-state index in [9.17, 15) is 14.7 Å². The molecule has 10 nitrogen and oxygen atoms in total. The molecule has 0 saturated carbocycles. The molecule has 2 saturated heterocycles. The molecule has 4 aromatic rings. The molecule has 1 N–H and O–H groups in total. The van der Waals surface area contributed by atoms with E-state index in [0.29, 0.717) is 36.7 Å². The van der Waals surface area contributed by atoms with Crippen LogP contribution in [-0.2, 0) is 44.2 Å². The van der Waals surface area contributed by atoms with Gasteiger partial charge in [0.2, 0.25) is 5.91 Å². The second-order valence-corrected chi connectivity index (χ2v) is 20.8. The maximum atomic E-state index is 15.3. The Bertz CT molecular complexity index is 2130. The number of ether oxygens (including phenoxy) is 3. The van der Waals surface area contributed by atoms with Crippen LogP contribution in [0.5, 0.6) is 5.75 Å². The summed E-state index contributed by atoms with van der Waals surface area (Å²) < 4.78 is 17.8. The Morgan fingerprint density at radius 3 is 2.40 bits per heavy atom. The summed E-state index contributed by atoms with van der Waals surface area (Å²) in [6, 6.07) is 28.9. The second kappa shape index (κ2) is 14.4. The van der Waals surface area contributed by atoms with Crippen molar-refractivity contribution in [3.63, 3.8) is 0 Å². The van der Waals surface area contributed by atoms with Crippen LogP contribution in [0.4, 0.5) is 16.2 Å². The standard InChI is InChI=1S/C43H46ClN3O7Si/c1-27-40(55(3,4)35-16-14-34(52-2)15-17-35)38(23-39(49)46-25-30-8-6-5-7-29(30)21-33(46)26-48)54-43(27)36-22-31(44)11-18-37(36)47(41(43)50)24-28-9-12-32(13-10-28)45-19-20-53-42(45)51/h5-18,22,27,33,38,40,48H,19-21,23-26H2,1-4H3/t27-,33-,38+,40-,43+/m0/s1. The van der Waals surface area contributed by atoms with Crippen molar-refractivity contribution in [2.45, 2.75) is 69.2 Å². The van der Waals surface area contributed by atoms with Gasteiger partial charge in [0, 0.05) is 28.7 Å². The van der Waals surface area contributed by atoms with Gasteiger partial charge in [-0.1, -0.05) is 85.3 Å². The molecule has 0 aromatic heterocycles. The van der Waals surface area contributed by atoms with Crippen molar-refractivity contribution in [3.05, 3.63) is 118 Å². The average molecular weight is 780 g/mol. The van der Waals surface area contributed by atoms with E-state index in [2.05, 4.69) is 38.2 Å². The van der Waals surface area contributed by atoms with Gasteiger partial charge in [-0.05, 0) is 71.1 Å². The van der Waals surface area contributed by atoms with Crippen molar-refractivity contribution in [3.8, 4) is 5.75 Å². The normalized spacial score (nSPS) is 24.7. The van der Waals surface area contributed by atoms with E-state index in [1.807, 2.05) is 66.7 Å². The fourth-order valence-electron chi connectivity index (χ4n) is 9.57. The van der Waals surface area contributed by atoms with E-state index in [-0.39, 0.29) is 55.0 Å². The Morgan fingerprint density at radius 2 is 1.73 bits per heavy atom. The van der Waals surface area contributed by atoms with E-state index >= 15 is 4.79 Å². The summed E-state index contributed by atoms with van der Waals surface area (Å²) in [6.07, 6.45) is -0.338. The fourth-order valence-corrected chi connectivity index (χ4v) is 13.7. The van der Waals surface area contributed by atoms with Crippen molar-refractivity contribution >= 4 is 54.1 Å². The highest BCUT2D eigenvalue weighted by Gasteiger charge is 2.66. The Labute approximate surface area is 327 Å². The van der Waals surface area contributed by atoms with Gasteiger partial charge in [-0.25, -0.2) is 4.79 Å². The first-order chi connectivity index (χ1) is 26.5. The lowest BCUT2D eigenvalue weighted by molar-refractivity contribution is -0.151. The lowest BCUT2D eigenvalue weighted by atomic mass is 9.82. The molecule has 1 spiro atoms. The zero-order chi connectivity index (χ0) is 38.6. The van der Waals surface area contributed by atoms with Gasteiger partial charge in [0.1, 0.15) is 12.4 Å². The van der Waals surface area contributed by atoms with Crippen LogP contribution in [0.25, 0.3) is 0 Å². The van der Waals surface area contributed by atoms with Gasteiger partial charge >= 0.3 is 6.09 Å². The third-order valence-corrected chi connectivity index (χ3v) is 17.0. The fraction of sp³-hybridized carbons (Fsp3) is 0.372. The van der Waals surface area contributed by atoms with Crippen LogP contribution in [0.1, 0.15) is 35.6 Å². The summed E-state index contributed by atoms with van der Waals surface area (Å²) in [6.45, 7) is 8.04. The summed E-state index contributed by atoms with van der Waals surface area (Å²) in [5.41, 5.74) is 3.69.